The summed E-state index contributed by atoms with van der Waals surface area (Å²) in [7, 11) is 0. The lowest BCUT2D eigenvalue weighted by molar-refractivity contribution is -0.145. The van der Waals surface area contributed by atoms with Gasteiger partial charge in [-0.2, -0.15) is 0 Å². The first-order chi connectivity index (χ1) is 7.63. The predicted molar refractivity (Wildman–Crippen MR) is 57.6 cm³/mol. The Morgan fingerprint density at radius 3 is 2.69 bits per heavy atom. The zero-order valence-electron chi connectivity index (χ0n) is 9.63. The second-order valence-corrected chi connectivity index (χ2v) is 4.99. The van der Waals surface area contributed by atoms with Gasteiger partial charge in [-0.3, -0.25) is 4.79 Å². The molecule has 0 bridgehead atoms. The molecule has 5 unspecified atom stereocenters. The lowest BCUT2D eigenvalue weighted by Gasteiger charge is -2.32. The Morgan fingerprint density at radius 2 is 2.00 bits per heavy atom. The van der Waals surface area contributed by atoms with Crippen LogP contribution in [0.2, 0.25) is 0 Å². The van der Waals surface area contributed by atoms with Gasteiger partial charge in [0.05, 0.1) is 18.1 Å². The summed E-state index contributed by atoms with van der Waals surface area (Å²) < 4.78 is 5.35. The number of rotatable bonds is 3. The maximum atomic E-state index is 11.6. The van der Waals surface area contributed by atoms with Crippen LogP contribution < -0.4 is 0 Å². The summed E-state index contributed by atoms with van der Waals surface area (Å²) in [6.07, 6.45) is 2.35. The van der Waals surface area contributed by atoms with Crippen molar-refractivity contribution >= 4 is 5.97 Å². The number of aliphatic hydroxyl groups is 2. The van der Waals surface area contributed by atoms with Gasteiger partial charge in [-0.1, -0.05) is 19.8 Å². The molecule has 5 atom stereocenters. The van der Waals surface area contributed by atoms with Gasteiger partial charge in [-0.15, -0.1) is 0 Å². The average Bonchev–Trinajstić information content (AvgIpc) is 2.54. The molecule has 0 aromatic carbocycles. The summed E-state index contributed by atoms with van der Waals surface area (Å²) in [6.45, 7) is 2.10. The van der Waals surface area contributed by atoms with Crippen LogP contribution in [0.15, 0.2) is 0 Å². The van der Waals surface area contributed by atoms with Crippen molar-refractivity contribution in [1.29, 1.82) is 0 Å². The van der Waals surface area contributed by atoms with Gasteiger partial charge in [0, 0.05) is 5.92 Å². The molecule has 92 valence electrons. The van der Waals surface area contributed by atoms with Crippen molar-refractivity contribution in [3.05, 3.63) is 0 Å². The van der Waals surface area contributed by atoms with E-state index in [4.69, 9.17) is 4.74 Å². The van der Waals surface area contributed by atoms with Gasteiger partial charge in [0.25, 0.3) is 0 Å². The van der Waals surface area contributed by atoms with Gasteiger partial charge in [0.1, 0.15) is 6.10 Å². The molecule has 2 rings (SSSR count). The third kappa shape index (κ3) is 2.09. The molecule has 0 radical (unpaired) electrons. The fourth-order valence-electron chi connectivity index (χ4n) is 2.88. The zero-order valence-corrected chi connectivity index (χ0v) is 9.63. The summed E-state index contributed by atoms with van der Waals surface area (Å²) in [5.74, 6) is -0.269. The molecule has 2 N–H and O–H groups in total. The van der Waals surface area contributed by atoms with E-state index in [-0.39, 0.29) is 23.9 Å². The van der Waals surface area contributed by atoms with Crippen LogP contribution in [0, 0.1) is 11.8 Å². The standard InChI is InChI=1S/C12H20O4/c1-2-3-4-11-7-5-9(13)10(14)6-8(7)12(15)16-11/h7-11,13-14H,2-6H2,1H3. The Balaban J connectivity index is 2.02. The highest BCUT2D eigenvalue weighted by Gasteiger charge is 2.49. The predicted octanol–water partition coefficient (Wildman–Crippen LogP) is 0.850. The van der Waals surface area contributed by atoms with Crippen LogP contribution in [-0.2, 0) is 9.53 Å². The number of hydrogen-bond acceptors (Lipinski definition) is 4. The number of carbonyl (C=O) groups is 1. The second-order valence-electron chi connectivity index (χ2n) is 4.99. The lowest BCUT2D eigenvalue weighted by atomic mass is 9.75. The highest BCUT2D eigenvalue weighted by Crippen LogP contribution is 2.41. The van der Waals surface area contributed by atoms with Crippen LogP contribution >= 0.6 is 0 Å². The molecule has 1 heterocycles. The molecule has 16 heavy (non-hydrogen) atoms. The number of cyclic esters (lactones) is 1. The van der Waals surface area contributed by atoms with Gasteiger partial charge in [0.2, 0.25) is 0 Å². The number of unbranched alkanes of at least 4 members (excludes halogenated alkanes) is 1. The Labute approximate surface area is 95.6 Å². The number of fused-ring (bicyclic) bond motifs is 1. The Bertz CT molecular complexity index is 266. The smallest absolute Gasteiger partial charge is 0.309 e. The van der Waals surface area contributed by atoms with E-state index in [9.17, 15) is 15.0 Å². The second kappa shape index (κ2) is 4.72. The summed E-state index contributed by atoms with van der Waals surface area (Å²) in [5, 5.41) is 19.2. The van der Waals surface area contributed by atoms with Crippen molar-refractivity contribution < 1.29 is 19.7 Å². The van der Waals surface area contributed by atoms with Crippen LogP contribution in [0.1, 0.15) is 39.0 Å². The van der Waals surface area contributed by atoms with Gasteiger partial charge in [-0.25, -0.2) is 0 Å². The molecule has 0 spiro atoms. The first-order valence-electron chi connectivity index (χ1n) is 6.20. The monoisotopic (exact) mass is 228 g/mol. The SMILES string of the molecule is CCCCC1OC(=O)C2CC(O)C(O)CC12. The van der Waals surface area contributed by atoms with Crippen molar-refractivity contribution in [3.8, 4) is 0 Å². The molecule has 0 aromatic rings. The van der Waals surface area contributed by atoms with Gasteiger partial charge < -0.3 is 14.9 Å². The highest BCUT2D eigenvalue weighted by atomic mass is 16.6. The van der Waals surface area contributed by atoms with Crippen molar-refractivity contribution in [1.82, 2.24) is 0 Å². The third-order valence-corrected chi connectivity index (χ3v) is 3.86. The van der Waals surface area contributed by atoms with Crippen LogP contribution in [0.25, 0.3) is 0 Å². The van der Waals surface area contributed by atoms with Gasteiger partial charge in [0.15, 0.2) is 0 Å². The molecule has 0 aromatic heterocycles. The number of carbonyl (C=O) groups excluding carboxylic acids is 1. The average molecular weight is 228 g/mol. The first-order valence-corrected chi connectivity index (χ1v) is 6.20. The van der Waals surface area contributed by atoms with Crippen LogP contribution in [-0.4, -0.2) is 34.5 Å². The number of hydrogen-bond donors (Lipinski definition) is 2. The van der Waals surface area contributed by atoms with Crippen molar-refractivity contribution in [2.75, 3.05) is 0 Å². The van der Waals surface area contributed by atoms with Crippen LogP contribution in [0.3, 0.4) is 0 Å². The number of esters is 1. The van der Waals surface area contributed by atoms with E-state index in [1.165, 1.54) is 0 Å². The molecular weight excluding hydrogens is 208 g/mol. The number of aliphatic hydroxyl groups excluding tert-OH is 2. The summed E-state index contributed by atoms with van der Waals surface area (Å²) in [6, 6.07) is 0. The first kappa shape index (κ1) is 11.9. The van der Waals surface area contributed by atoms with E-state index in [1.54, 1.807) is 0 Å². The minimum atomic E-state index is -0.765. The minimum Gasteiger partial charge on any atom is -0.462 e. The molecule has 2 aliphatic rings. The van der Waals surface area contributed by atoms with Crippen molar-refractivity contribution in [2.24, 2.45) is 11.8 Å². The summed E-state index contributed by atoms with van der Waals surface area (Å²) in [5.41, 5.74) is 0. The maximum Gasteiger partial charge on any atom is 0.309 e. The molecular formula is C12H20O4. The van der Waals surface area contributed by atoms with E-state index in [0.29, 0.717) is 12.8 Å². The van der Waals surface area contributed by atoms with E-state index < -0.39 is 12.2 Å². The van der Waals surface area contributed by atoms with Gasteiger partial charge in [-0.05, 0) is 19.3 Å². The van der Waals surface area contributed by atoms with Crippen molar-refractivity contribution in [2.45, 2.75) is 57.3 Å². The largest absolute Gasteiger partial charge is 0.462 e. The maximum absolute atomic E-state index is 11.6. The van der Waals surface area contributed by atoms with Crippen LogP contribution in [0.4, 0.5) is 0 Å². The lowest BCUT2D eigenvalue weighted by Crippen LogP contribution is -2.40. The Hall–Kier alpha value is -0.610. The van der Waals surface area contributed by atoms with E-state index in [2.05, 4.69) is 6.92 Å². The van der Waals surface area contributed by atoms with Gasteiger partial charge >= 0.3 is 5.97 Å². The summed E-state index contributed by atoms with van der Waals surface area (Å²) >= 11 is 0. The van der Waals surface area contributed by atoms with Crippen LogP contribution in [0.5, 0.6) is 0 Å². The normalized spacial score (nSPS) is 42.9. The molecule has 4 nitrogen and oxygen atoms in total. The molecule has 1 aliphatic heterocycles. The third-order valence-electron chi connectivity index (χ3n) is 3.86. The topological polar surface area (TPSA) is 66.8 Å². The number of ether oxygens (including phenoxy) is 1. The fourth-order valence-corrected chi connectivity index (χ4v) is 2.88. The fraction of sp³-hybridized carbons (Fsp3) is 0.917. The van der Waals surface area contributed by atoms with E-state index >= 15 is 0 Å². The van der Waals surface area contributed by atoms with E-state index in [0.717, 1.165) is 19.3 Å². The Morgan fingerprint density at radius 1 is 1.31 bits per heavy atom. The Kier molecular flexibility index (Phi) is 3.50. The summed E-state index contributed by atoms with van der Waals surface area (Å²) in [4.78, 5) is 11.6. The highest BCUT2D eigenvalue weighted by molar-refractivity contribution is 5.75. The van der Waals surface area contributed by atoms with E-state index in [1.807, 2.05) is 0 Å². The molecule has 2 fully saturated rings. The quantitative estimate of drug-likeness (QED) is 0.703. The molecule has 1 saturated carbocycles. The zero-order chi connectivity index (χ0) is 11.7. The molecule has 1 aliphatic carbocycles. The molecule has 4 heteroatoms. The molecule has 0 amide bonds. The minimum absolute atomic E-state index is 0.0420. The molecule has 1 saturated heterocycles. The van der Waals surface area contributed by atoms with Crippen molar-refractivity contribution in [3.63, 3.8) is 0 Å².